The van der Waals surface area contributed by atoms with Crippen molar-refractivity contribution in [1.82, 2.24) is 4.90 Å². The number of anilines is 2. The predicted molar refractivity (Wildman–Crippen MR) is 116 cm³/mol. The average Bonchev–Trinajstić information content (AvgIpc) is 2.73. The maximum absolute atomic E-state index is 12.6. The molecule has 1 heterocycles. The van der Waals surface area contributed by atoms with Crippen molar-refractivity contribution in [2.75, 3.05) is 43.4 Å². The van der Waals surface area contributed by atoms with Gasteiger partial charge in [0.1, 0.15) is 5.69 Å². The van der Waals surface area contributed by atoms with Gasteiger partial charge in [-0.05, 0) is 49.2 Å². The van der Waals surface area contributed by atoms with E-state index in [-0.39, 0.29) is 17.2 Å². The number of piperazine rings is 1. The van der Waals surface area contributed by atoms with Crippen LogP contribution in [0.2, 0.25) is 0 Å². The third kappa shape index (κ3) is 4.92. The van der Waals surface area contributed by atoms with Gasteiger partial charge in [0.05, 0.1) is 4.92 Å². The number of benzene rings is 2. The Balaban J connectivity index is 1.77. The van der Waals surface area contributed by atoms with Crippen molar-refractivity contribution in [3.8, 4) is 0 Å². The summed E-state index contributed by atoms with van der Waals surface area (Å²) < 4.78 is 0. The van der Waals surface area contributed by atoms with Gasteiger partial charge in [-0.1, -0.05) is 26.0 Å². The summed E-state index contributed by atoms with van der Waals surface area (Å²) in [5.74, 6) is 0.110. The molecule has 2 aromatic rings. The third-order valence-electron chi connectivity index (χ3n) is 5.63. The molecule has 0 aliphatic carbocycles. The smallest absolute Gasteiger partial charge is 0.293 e. The summed E-state index contributed by atoms with van der Waals surface area (Å²) >= 11 is 0. The van der Waals surface area contributed by atoms with Crippen LogP contribution in [0.15, 0.2) is 42.5 Å². The minimum absolute atomic E-state index is 0.0330. The summed E-state index contributed by atoms with van der Waals surface area (Å²) in [6.07, 6.45) is 1.05. The number of hydrogen-bond donors (Lipinski definition) is 1. The second kappa shape index (κ2) is 9.05. The molecule has 0 saturated carbocycles. The van der Waals surface area contributed by atoms with E-state index in [0.29, 0.717) is 17.3 Å². The van der Waals surface area contributed by atoms with Gasteiger partial charge in [-0.25, -0.2) is 0 Å². The van der Waals surface area contributed by atoms with Crippen LogP contribution in [0.25, 0.3) is 0 Å². The lowest BCUT2D eigenvalue weighted by Gasteiger charge is -2.33. The molecule has 2 aromatic carbocycles. The fourth-order valence-electron chi connectivity index (χ4n) is 3.46. The molecule has 7 nitrogen and oxygen atoms in total. The maximum atomic E-state index is 12.6. The number of hydrogen-bond acceptors (Lipinski definition) is 5. The topological polar surface area (TPSA) is 78.7 Å². The lowest BCUT2D eigenvalue weighted by molar-refractivity contribution is -0.384. The molecule has 1 saturated heterocycles. The Bertz CT molecular complexity index is 874. The molecule has 1 aliphatic rings. The van der Waals surface area contributed by atoms with Crippen LogP contribution in [0.3, 0.4) is 0 Å². The molecule has 1 fully saturated rings. The Morgan fingerprint density at radius 2 is 1.79 bits per heavy atom. The molecule has 0 spiro atoms. The summed E-state index contributed by atoms with van der Waals surface area (Å²) in [6, 6.07) is 12.5. The van der Waals surface area contributed by atoms with Crippen LogP contribution in [0.4, 0.5) is 17.1 Å². The second-order valence-corrected chi connectivity index (χ2v) is 7.64. The molecular weight excluding hydrogens is 368 g/mol. The molecule has 1 amide bonds. The van der Waals surface area contributed by atoms with E-state index in [2.05, 4.69) is 24.1 Å². The Hall–Kier alpha value is -2.93. The Morgan fingerprint density at radius 3 is 2.38 bits per heavy atom. The van der Waals surface area contributed by atoms with E-state index in [4.69, 9.17) is 0 Å². The average molecular weight is 396 g/mol. The summed E-state index contributed by atoms with van der Waals surface area (Å²) in [7, 11) is 2.04. The first kappa shape index (κ1) is 20.8. The molecule has 0 radical (unpaired) electrons. The van der Waals surface area contributed by atoms with E-state index in [0.717, 1.165) is 32.6 Å². The number of nitrogens with zero attached hydrogens (tertiary/aromatic N) is 3. The highest BCUT2D eigenvalue weighted by molar-refractivity contribution is 6.05. The highest BCUT2D eigenvalue weighted by Gasteiger charge is 2.24. The lowest BCUT2D eigenvalue weighted by atomic mass is 9.98. The molecule has 0 bridgehead atoms. The highest BCUT2D eigenvalue weighted by Crippen LogP contribution is 2.30. The first-order chi connectivity index (χ1) is 13.9. The monoisotopic (exact) mass is 396 g/mol. The van der Waals surface area contributed by atoms with Crippen molar-refractivity contribution in [2.45, 2.75) is 26.2 Å². The predicted octanol–water partition coefficient (Wildman–Crippen LogP) is 4.11. The number of carbonyl (C=O) groups is 1. The number of nitrogens with one attached hydrogen (secondary N) is 1. The van der Waals surface area contributed by atoms with E-state index in [9.17, 15) is 14.9 Å². The van der Waals surface area contributed by atoms with Crippen LogP contribution in [-0.2, 0) is 0 Å². The lowest BCUT2D eigenvalue weighted by Crippen LogP contribution is -2.44. The molecule has 0 aromatic heterocycles. The Morgan fingerprint density at radius 1 is 1.14 bits per heavy atom. The summed E-state index contributed by atoms with van der Waals surface area (Å²) in [4.78, 5) is 28.1. The number of likely N-dealkylation sites (N-methyl/N-ethyl adjacent to an activating group) is 1. The van der Waals surface area contributed by atoms with E-state index >= 15 is 0 Å². The number of rotatable bonds is 6. The van der Waals surface area contributed by atoms with Gasteiger partial charge in [-0.3, -0.25) is 14.9 Å². The van der Waals surface area contributed by atoms with Crippen molar-refractivity contribution in [1.29, 1.82) is 0 Å². The van der Waals surface area contributed by atoms with E-state index in [1.807, 2.05) is 36.2 Å². The molecular formula is C22H28N4O3. The fourth-order valence-corrected chi connectivity index (χ4v) is 3.46. The highest BCUT2D eigenvalue weighted by atomic mass is 16.6. The van der Waals surface area contributed by atoms with Gasteiger partial charge in [0.2, 0.25) is 0 Å². The van der Waals surface area contributed by atoms with E-state index in [1.165, 1.54) is 11.6 Å². The van der Waals surface area contributed by atoms with Crippen LogP contribution >= 0.6 is 0 Å². The largest absolute Gasteiger partial charge is 0.363 e. The van der Waals surface area contributed by atoms with Gasteiger partial charge >= 0.3 is 0 Å². The van der Waals surface area contributed by atoms with Gasteiger partial charge in [-0.2, -0.15) is 0 Å². The standard InChI is InChI=1S/C22H28N4O3/c1-4-16(2)17-5-8-19(9-6-17)23-22(27)18-7-10-20(21(15-18)26(28)29)25-13-11-24(3)12-14-25/h5-10,15-16H,4,11-14H2,1-3H3,(H,23,27). The minimum Gasteiger partial charge on any atom is -0.363 e. The molecule has 1 atom stereocenters. The van der Waals surface area contributed by atoms with Gasteiger partial charge in [0.25, 0.3) is 11.6 Å². The number of carbonyl (C=O) groups excluding carboxylic acids is 1. The molecule has 7 heteroatoms. The zero-order chi connectivity index (χ0) is 21.0. The van der Waals surface area contributed by atoms with Crippen molar-refractivity contribution in [2.24, 2.45) is 0 Å². The maximum Gasteiger partial charge on any atom is 0.293 e. The Labute approximate surface area is 171 Å². The minimum atomic E-state index is -0.411. The van der Waals surface area contributed by atoms with Crippen molar-refractivity contribution < 1.29 is 9.72 Å². The number of nitro benzene ring substituents is 1. The normalized spacial score (nSPS) is 15.8. The zero-order valence-corrected chi connectivity index (χ0v) is 17.2. The summed E-state index contributed by atoms with van der Waals surface area (Å²) in [6.45, 7) is 7.46. The van der Waals surface area contributed by atoms with Gasteiger partial charge in [0.15, 0.2) is 0 Å². The van der Waals surface area contributed by atoms with Crippen LogP contribution in [0.1, 0.15) is 42.1 Å². The molecule has 1 N–H and O–H groups in total. The van der Waals surface area contributed by atoms with E-state index in [1.54, 1.807) is 12.1 Å². The van der Waals surface area contributed by atoms with Crippen LogP contribution in [0, 0.1) is 10.1 Å². The summed E-state index contributed by atoms with van der Waals surface area (Å²) in [5, 5.41) is 14.5. The SMILES string of the molecule is CCC(C)c1ccc(NC(=O)c2ccc(N3CCN(C)CC3)c([N+](=O)[O-])c2)cc1. The van der Waals surface area contributed by atoms with Crippen LogP contribution in [0.5, 0.6) is 0 Å². The molecule has 29 heavy (non-hydrogen) atoms. The van der Waals surface area contributed by atoms with Crippen molar-refractivity contribution in [3.05, 3.63) is 63.7 Å². The molecule has 3 rings (SSSR count). The molecule has 154 valence electrons. The van der Waals surface area contributed by atoms with Crippen LogP contribution in [-0.4, -0.2) is 49.0 Å². The molecule has 1 aliphatic heterocycles. The van der Waals surface area contributed by atoms with Crippen molar-refractivity contribution in [3.63, 3.8) is 0 Å². The second-order valence-electron chi connectivity index (χ2n) is 7.64. The quantitative estimate of drug-likeness (QED) is 0.587. The Kier molecular flexibility index (Phi) is 6.49. The third-order valence-corrected chi connectivity index (χ3v) is 5.63. The molecule has 1 unspecified atom stereocenters. The first-order valence-corrected chi connectivity index (χ1v) is 10.0. The van der Waals surface area contributed by atoms with Crippen molar-refractivity contribution >= 4 is 23.0 Å². The number of amides is 1. The van der Waals surface area contributed by atoms with Gasteiger partial charge < -0.3 is 15.1 Å². The van der Waals surface area contributed by atoms with Gasteiger partial charge in [-0.15, -0.1) is 0 Å². The van der Waals surface area contributed by atoms with Crippen LogP contribution < -0.4 is 10.2 Å². The number of nitro groups is 1. The van der Waals surface area contributed by atoms with E-state index < -0.39 is 4.92 Å². The zero-order valence-electron chi connectivity index (χ0n) is 17.2. The fraction of sp³-hybridized carbons (Fsp3) is 0.409. The van der Waals surface area contributed by atoms with Gasteiger partial charge in [0, 0.05) is 43.5 Å². The summed E-state index contributed by atoms with van der Waals surface area (Å²) in [5.41, 5.74) is 2.71. The first-order valence-electron chi connectivity index (χ1n) is 10.0.